The second-order valence-electron chi connectivity index (χ2n) is 8.75. The molecule has 182 valence electrons. The summed E-state index contributed by atoms with van der Waals surface area (Å²) in [6.07, 6.45) is 0.568. The van der Waals surface area contributed by atoms with Crippen molar-refractivity contribution in [2.75, 3.05) is 13.7 Å². The van der Waals surface area contributed by atoms with Crippen LogP contribution < -0.4 is 0 Å². The van der Waals surface area contributed by atoms with Gasteiger partial charge in [0.1, 0.15) is 5.82 Å². The number of carbonyl (C=O) groups excluding carboxylic acids is 1. The van der Waals surface area contributed by atoms with Crippen LogP contribution in [0.15, 0.2) is 36.4 Å². The highest BCUT2D eigenvalue weighted by Gasteiger charge is 2.35. The number of hydrogen-bond donors (Lipinski definition) is 2. The fourth-order valence-corrected chi connectivity index (χ4v) is 4.96. The number of aromatic nitrogens is 2. The van der Waals surface area contributed by atoms with Crippen molar-refractivity contribution >= 4 is 23.7 Å². The van der Waals surface area contributed by atoms with Gasteiger partial charge in [0.05, 0.1) is 30.6 Å². The molecule has 0 spiro atoms. The largest absolute Gasteiger partial charge is 0.478 e. The first-order valence-electron chi connectivity index (χ1n) is 11.2. The van der Waals surface area contributed by atoms with Crippen LogP contribution in [-0.4, -0.2) is 50.6 Å². The minimum atomic E-state index is -1.26. The Balaban J connectivity index is 1.66. The number of aromatic carboxylic acids is 1. The van der Waals surface area contributed by atoms with Gasteiger partial charge in [-0.1, -0.05) is 23.7 Å². The molecule has 0 bridgehead atoms. The van der Waals surface area contributed by atoms with E-state index in [0.717, 1.165) is 24.5 Å². The lowest BCUT2D eigenvalue weighted by Crippen LogP contribution is -2.37. The molecule has 1 atom stereocenters. The van der Waals surface area contributed by atoms with Crippen molar-refractivity contribution in [3.8, 4) is 11.3 Å². The molecule has 2 N–H and O–H groups in total. The molecule has 1 aliphatic heterocycles. The van der Waals surface area contributed by atoms with E-state index in [1.54, 1.807) is 6.07 Å². The van der Waals surface area contributed by atoms with Crippen molar-refractivity contribution in [3.05, 3.63) is 75.2 Å². The highest BCUT2D eigenvalue weighted by Crippen LogP contribution is 2.45. The Morgan fingerprint density at radius 3 is 2.69 bits per heavy atom. The highest BCUT2D eigenvalue weighted by atomic mass is 35.5. The predicted octanol–water partition coefficient (Wildman–Crippen LogP) is 4.58. The summed E-state index contributed by atoms with van der Waals surface area (Å²) in [7, 11) is 1.29. The maximum absolute atomic E-state index is 15.0. The Morgan fingerprint density at radius 1 is 1.26 bits per heavy atom. The number of aliphatic hydroxyl groups is 1. The van der Waals surface area contributed by atoms with Gasteiger partial charge in [0.2, 0.25) is 0 Å². The number of rotatable bonds is 5. The third-order valence-corrected chi connectivity index (χ3v) is 6.92. The molecule has 0 saturated heterocycles. The molecule has 1 saturated carbocycles. The zero-order valence-electron chi connectivity index (χ0n) is 18.9. The second kappa shape index (κ2) is 8.98. The van der Waals surface area contributed by atoms with Gasteiger partial charge in [-0.15, -0.1) is 0 Å². The van der Waals surface area contributed by atoms with Gasteiger partial charge in [0.15, 0.2) is 6.23 Å². The molecule has 0 radical (unpaired) electrons. The molecule has 1 fully saturated rings. The smallest absolute Gasteiger partial charge is 0.409 e. The summed E-state index contributed by atoms with van der Waals surface area (Å²) in [5, 5.41) is 25.7. The molecule has 1 aliphatic carbocycles. The van der Waals surface area contributed by atoms with Crippen LogP contribution in [0.25, 0.3) is 11.3 Å². The van der Waals surface area contributed by atoms with Crippen molar-refractivity contribution in [1.29, 1.82) is 0 Å². The number of aliphatic hydroxyl groups excluding tert-OH is 1. The van der Waals surface area contributed by atoms with Gasteiger partial charge in [-0.3, -0.25) is 0 Å². The number of carboxylic acids is 1. The van der Waals surface area contributed by atoms with E-state index in [0.29, 0.717) is 40.7 Å². The summed E-state index contributed by atoms with van der Waals surface area (Å²) in [5.41, 5.74) is 2.91. The molecule has 1 amide bonds. The van der Waals surface area contributed by atoms with E-state index in [1.807, 2.05) is 12.1 Å². The quantitative estimate of drug-likeness (QED) is 0.532. The molecule has 3 aromatic rings. The Labute approximate surface area is 205 Å². The van der Waals surface area contributed by atoms with Crippen LogP contribution >= 0.6 is 11.6 Å². The number of amides is 1. The molecule has 1 unspecified atom stereocenters. The summed E-state index contributed by atoms with van der Waals surface area (Å²) in [6.45, 7) is 0.423. The Hall–Kier alpha value is -3.43. The number of halogens is 2. The summed E-state index contributed by atoms with van der Waals surface area (Å²) in [5.74, 6) is -1.67. The van der Waals surface area contributed by atoms with Crippen molar-refractivity contribution in [2.24, 2.45) is 0 Å². The van der Waals surface area contributed by atoms with Crippen LogP contribution in [0.5, 0.6) is 0 Å². The summed E-state index contributed by atoms with van der Waals surface area (Å²) < 4.78 is 21.3. The van der Waals surface area contributed by atoms with Crippen LogP contribution in [0.1, 0.15) is 57.7 Å². The number of nitrogens with zero attached hydrogens (tertiary/aromatic N) is 3. The van der Waals surface area contributed by atoms with E-state index in [-0.39, 0.29) is 23.4 Å². The lowest BCUT2D eigenvalue weighted by atomic mass is 9.98. The van der Waals surface area contributed by atoms with Gasteiger partial charge in [-0.25, -0.2) is 18.7 Å². The van der Waals surface area contributed by atoms with Gasteiger partial charge >= 0.3 is 12.1 Å². The van der Waals surface area contributed by atoms with E-state index in [4.69, 9.17) is 16.3 Å². The highest BCUT2D eigenvalue weighted by molar-refractivity contribution is 6.31. The molecule has 2 aliphatic rings. The van der Waals surface area contributed by atoms with Gasteiger partial charge in [0.25, 0.3) is 0 Å². The van der Waals surface area contributed by atoms with E-state index >= 15 is 4.39 Å². The van der Waals surface area contributed by atoms with Crippen LogP contribution in [0.4, 0.5) is 9.18 Å². The minimum Gasteiger partial charge on any atom is -0.478 e. The van der Waals surface area contributed by atoms with Crippen molar-refractivity contribution in [3.63, 3.8) is 0 Å². The SMILES string of the molecule is COC(=O)N1CCc2c(-c3ccc(C(=O)O)cc3F)nn(C(O)c3c(Cl)cccc3C3CC3)c2C1. The lowest BCUT2D eigenvalue weighted by Gasteiger charge is -2.28. The molecule has 35 heavy (non-hydrogen) atoms. The van der Waals surface area contributed by atoms with Gasteiger partial charge in [-0.05, 0) is 55.0 Å². The molecular formula is C25H23ClFN3O5. The minimum absolute atomic E-state index is 0.101. The van der Waals surface area contributed by atoms with Gasteiger partial charge in [-0.2, -0.15) is 5.10 Å². The van der Waals surface area contributed by atoms with Gasteiger partial charge in [0, 0.05) is 28.3 Å². The predicted molar refractivity (Wildman–Crippen MR) is 125 cm³/mol. The van der Waals surface area contributed by atoms with Crippen molar-refractivity contribution < 1.29 is 28.9 Å². The van der Waals surface area contributed by atoms with E-state index in [9.17, 15) is 19.8 Å². The summed E-state index contributed by atoms with van der Waals surface area (Å²) >= 11 is 6.53. The van der Waals surface area contributed by atoms with Crippen LogP contribution in [0.2, 0.25) is 5.02 Å². The molecule has 10 heteroatoms. The maximum atomic E-state index is 15.0. The number of carboxylic acid groups (broad SMARTS) is 1. The van der Waals surface area contributed by atoms with Crippen LogP contribution in [0, 0.1) is 5.82 Å². The number of ether oxygens (including phenoxy) is 1. The van der Waals surface area contributed by atoms with Crippen molar-refractivity contribution in [2.45, 2.75) is 38.0 Å². The molecule has 5 rings (SSSR count). The molecule has 1 aromatic heterocycles. The molecule has 8 nitrogen and oxygen atoms in total. The molecule has 2 heterocycles. The monoisotopic (exact) mass is 499 g/mol. The zero-order valence-corrected chi connectivity index (χ0v) is 19.6. The fourth-order valence-electron chi connectivity index (χ4n) is 4.68. The second-order valence-corrected chi connectivity index (χ2v) is 9.16. The molecular weight excluding hydrogens is 477 g/mol. The van der Waals surface area contributed by atoms with Crippen LogP contribution in [-0.2, 0) is 17.7 Å². The first-order chi connectivity index (χ1) is 16.8. The fraction of sp³-hybridized carbons (Fsp3) is 0.320. The van der Waals surface area contributed by atoms with Gasteiger partial charge < -0.3 is 19.8 Å². The average molecular weight is 500 g/mol. The third kappa shape index (κ3) is 4.15. The topological polar surface area (TPSA) is 105 Å². The maximum Gasteiger partial charge on any atom is 0.409 e. The first kappa shape index (κ1) is 23.3. The third-order valence-electron chi connectivity index (χ3n) is 6.59. The molecule has 2 aromatic carbocycles. The Morgan fingerprint density at radius 2 is 2.03 bits per heavy atom. The first-order valence-corrected chi connectivity index (χ1v) is 11.6. The Kier molecular flexibility index (Phi) is 5.98. The van der Waals surface area contributed by atoms with E-state index < -0.39 is 24.1 Å². The number of carbonyl (C=O) groups is 2. The van der Waals surface area contributed by atoms with E-state index in [2.05, 4.69) is 5.10 Å². The number of methoxy groups -OCH3 is 1. The number of fused-ring (bicyclic) bond motifs is 1. The van der Waals surface area contributed by atoms with Crippen molar-refractivity contribution in [1.82, 2.24) is 14.7 Å². The van der Waals surface area contributed by atoms with Crippen LogP contribution in [0.3, 0.4) is 0 Å². The normalized spacial score (nSPS) is 16.1. The zero-order chi connectivity index (χ0) is 24.9. The number of hydrogen-bond acceptors (Lipinski definition) is 5. The number of benzene rings is 2. The standard InChI is InChI=1S/C25H23ClFN3O5/c1-35-25(34)29-10-9-17-20(12-29)30(23(31)21-15(13-5-6-13)3-2-4-18(21)26)28-22(17)16-8-7-14(24(32)33)11-19(16)27/h2-4,7-8,11,13,23,31H,5-6,9-10,12H2,1H3,(H,32,33). The Bertz CT molecular complexity index is 1340. The summed E-state index contributed by atoms with van der Waals surface area (Å²) in [6, 6.07) is 9.11. The average Bonchev–Trinajstić information content (AvgIpc) is 3.63. The lowest BCUT2D eigenvalue weighted by molar-refractivity contribution is 0.0696. The summed E-state index contributed by atoms with van der Waals surface area (Å²) in [4.78, 5) is 25.0. The van der Waals surface area contributed by atoms with E-state index in [1.165, 1.54) is 28.8 Å².